The van der Waals surface area contributed by atoms with Gasteiger partial charge in [-0.3, -0.25) is 4.98 Å². The van der Waals surface area contributed by atoms with Crippen molar-refractivity contribution < 1.29 is 0 Å². The average Bonchev–Trinajstić information content (AvgIpc) is 2.37. The molecule has 0 amide bonds. The molecule has 0 unspecified atom stereocenters. The molecule has 0 atom stereocenters. The number of pyridine rings is 1. The molecule has 0 aliphatic heterocycles. The molecular formula is C14H17N3. The number of hydrogen-bond acceptors (Lipinski definition) is 3. The monoisotopic (exact) mass is 227 g/mol. The normalized spacial score (nSPS) is 10.2. The van der Waals surface area contributed by atoms with E-state index in [2.05, 4.69) is 35.4 Å². The molecule has 0 aliphatic rings. The van der Waals surface area contributed by atoms with E-state index in [-0.39, 0.29) is 0 Å². The molecule has 3 heteroatoms. The van der Waals surface area contributed by atoms with E-state index in [1.807, 2.05) is 18.3 Å². The first-order valence-corrected chi connectivity index (χ1v) is 5.72. The van der Waals surface area contributed by atoms with Crippen molar-refractivity contribution in [1.29, 1.82) is 0 Å². The summed E-state index contributed by atoms with van der Waals surface area (Å²) in [5.41, 5.74) is 10.3. The highest BCUT2D eigenvalue weighted by Crippen LogP contribution is 2.13. The highest BCUT2D eigenvalue weighted by atomic mass is 14.9. The Labute approximate surface area is 102 Å². The van der Waals surface area contributed by atoms with Gasteiger partial charge in [0.15, 0.2) is 0 Å². The molecule has 2 aromatic rings. The zero-order chi connectivity index (χ0) is 12.1. The van der Waals surface area contributed by atoms with E-state index in [4.69, 9.17) is 5.73 Å². The smallest absolute Gasteiger partial charge is 0.0405 e. The van der Waals surface area contributed by atoms with Gasteiger partial charge < -0.3 is 11.1 Å². The highest BCUT2D eigenvalue weighted by molar-refractivity contribution is 5.46. The van der Waals surface area contributed by atoms with Crippen molar-refractivity contribution >= 4 is 5.69 Å². The van der Waals surface area contributed by atoms with Crippen molar-refractivity contribution in [2.45, 2.75) is 20.0 Å². The van der Waals surface area contributed by atoms with Gasteiger partial charge in [-0.15, -0.1) is 0 Å². The molecule has 0 saturated heterocycles. The summed E-state index contributed by atoms with van der Waals surface area (Å²) >= 11 is 0. The number of hydrogen-bond donors (Lipinski definition) is 2. The second kappa shape index (κ2) is 5.46. The van der Waals surface area contributed by atoms with Crippen molar-refractivity contribution in [2.24, 2.45) is 5.73 Å². The van der Waals surface area contributed by atoms with Crippen LogP contribution in [0.5, 0.6) is 0 Å². The molecule has 17 heavy (non-hydrogen) atoms. The van der Waals surface area contributed by atoms with Crippen LogP contribution < -0.4 is 11.1 Å². The Bertz CT molecular complexity index is 494. The minimum atomic E-state index is 0.526. The van der Waals surface area contributed by atoms with E-state index in [1.165, 1.54) is 11.1 Å². The summed E-state index contributed by atoms with van der Waals surface area (Å²) < 4.78 is 0. The SMILES string of the molecule is Cc1cccc(NCc2ccncc2CN)c1. The van der Waals surface area contributed by atoms with Gasteiger partial charge in [-0.1, -0.05) is 12.1 Å². The first kappa shape index (κ1) is 11.6. The van der Waals surface area contributed by atoms with Crippen LogP contribution in [0.1, 0.15) is 16.7 Å². The maximum Gasteiger partial charge on any atom is 0.0405 e. The van der Waals surface area contributed by atoms with Gasteiger partial charge in [0.1, 0.15) is 0 Å². The topological polar surface area (TPSA) is 50.9 Å². The van der Waals surface area contributed by atoms with Crippen LogP contribution in [0.4, 0.5) is 5.69 Å². The van der Waals surface area contributed by atoms with E-state index >= 15 is 0 Å². The van der Waals surface area contributed by atoms with Crippen LogP contribution in [0.3, 0.4) is 0 Å². The summed E-state index contributed by atoms with van der Waals surface area (Å²) in [5, 5.41) is 3.39. The zero-order valence-corrected chi connectivity index (χ0v) is 9.98. The van der Waals surface area contributed by atoms with Crippen molar-refractivity contribution in [3.63, 3.8) is 0 Å². The summed E-state index contributed by atoms with van der Waals surface area (Å²) in [6.07, 6.45) is 3.62. The van der Waals surface area contributed by atoms with Gasteiger partial charge in [-0.05, 0) is 41.8 Å². The van der Waals surface area contributed by atoms with E-state index in [0.29, 0.717) is 6.54 Å². The number of aryl methyl sites for hydroxylation is 1. The third-order valence-corrected chi connectivity index (χ3v) is 2.73. The van der Waals surface area contributed by atoms with Gasteiger partial charge in [0, 0.05) is 31.2 Å². The molecule has 0 aliphatic carbocycles. The Morgan fingerprint density at radius 2 is 2.12 bits per heavy atom. The highest BCUT2D eigenvalue weighted by Gasteiger charge is 2.00. The van der Waals surface area contributed by atoms with Crippen LogP contribution in [-0.2, 0) is 13.1 Å². The third-order valence-electron chi connectivity index (χ3n) is 2.73. The second-order valence-corrected chi connectivity index (χ2v) is 4.07. The van der Waals surface area contributed by atoms with E-state index in [0.717, 1.165) is 17.8 Å². The summed E-state index contributed by atoms with van der Waals surface area (Å²) in [7, 11) is 0. The Hall–Kier alpha value is -1.87. The molecule has 0 bridgehead atoms. The first-order valence-electron chi connectivity index (χ1n) is 5.72. The lowest BCUT2D eigenvalue weighted by atomic mass is 10.1. The summed E-state index contributed by atoms with van der Waals surface area (Å²) in [4.78, 5) is 4.08. The molecule has 0 radical (unpaired) electrons. The third kappa shape index (κ3) is 3.04. The lowest BCUT2D eigenvalue weighted by Crippen LogP contribution is -2.06. The largest absolute Gasteiger partial charge is 0.381 e. The molecule has 88 valence electrons. The summed E-state index contributed by atoms with van der Waals surface area (Å²) in [6, 6.07) is 10.3. The van der Waals surface area contributed by atoms with Crippen molar-refractivity contribution in [3.8, 4) is 0 Å². The second-order valence-electron chi connectivity index (χ2n) is 4.07. The molecule has 0 fully saturated rings. The van der Waals surface area contributed by atoms with Crippen LogP contribution in [0.25, 0.3) is 0 Å². The Morgan fingerprint density at radius 1 is 1.24 bits per heavy atom. The van der Waals surface area contributed by atoms with Crippen LogP contribution in [0.2, 0.25) is 0 Å². The number of anilines is 1. The van der Waals surface area contributed by atoms with Gasteiger partial charge in [0.05, 0.1) is 0 Å². The quantitative estimate of drug-likeness (QED) is 0.843. The van der Waals surface area contributed by atoms with Crippen LogP contribution in [-0.4, -0.2) is 4.98 Å². The minimum absolute atomic E-state index is 0.526. The lowest BCUT2D eigenvalue weighted by molar-refractivity contribution is 0.986. The fourth-order valence-corrected chi connectivity index (χ4v) is 1.76. The summed E-state index contributed by atoms with van der Waals surface area (Å²) in [6.45, 7) is 3.39. The number of aromatic nitrogens is 1. The first-order chi connectivity index (χ1) is 8.29. The molecule has 1 aromatic heterocycles. The number of benzene rings is 1. The lowest BCUT2D eigenvalue weighted by Gasteiger charge is -2.10. The predicted octanol–water partition coefficient (Wildman–Crippen LogP) is 2.46. The van der Waals surface area contributed by atoms with Crippen molar-refractivity contribution in [1.82, 2.24) is 4.98 Å². The Kier molecular flexibility index (Phi) is 3.73. The van der Waals surface area contributed by atoms with Gasteiger partial charge >= 0.3 is 0 Å². The Morgan fingerprint density at radius 3 is 2.88 bits per heavy atom. The van der Waals surface area contributed by atoms with E-state index in [1.54, 1.807) is 6.20 Å². The number of nitrogens with zero attached hydrogens (tertiary/aromatic N) is 1. The predicted molar refractivity (Wildman–Crippen MR) is 70.6 cm³/mol. The van der Waals surface area contributed by atoms with Gasteiger partial charge in [-0.2, -0.15) is 0 Å². The maximum absolute atomic E-state index is 5.68. The maximum atomic E-state index is 5.68. The molecule has 1 aromatic carbocycles. The van der Waals surface area contributed by atoms with Gasteiger partial charge in [0.25, 0.3) is 0 Å². The Balaban J connectivity index is 2.07. The average molecular weight is 227 g/mol. The molecule has 0 spiro atoms. The van der Waals surface area contributed by atoms with Gasteiger partial charge in [0.2, 0.25) is 0 Å². The van der Waals surface area contributed by atoms with Crippen LogP contribution >= 0.6 is 0 Å². The number of nitrogens with one attached hydrogen (secondary N) is 1. The fraction of sp³-hybridized carbons (Fsp3) is 0.214. The molecule has 3 nitrogen and oxygen atoms in total. The summed E-state index contributed by atoms with van der Waals surface area (Å²) in [5.74, 6) is 0. The number of rotatable bonds is 4. The van der Waals surface area contributed by atoms with Crippen molar-refractivity contribution in [2.75, 3.05) is 5.32 Å². The standard InChI is InChI=1S/C14H17N3/c1-11-3-2-4-14(7-11)17-10-12-5-6-16-9-13(12)8-15/h2-7,9,17H,8,10,15H2,1H3. The zero-order valence-electron chi connectivity index (χ0n) is 9.98. The van der Waals surface area contributed by atoms with Crippen molar-refractivity contribution in [3.05, 3.63) is 59.4 Å². The number of nitrogens with two attached hydrogens (primary N) is 1. The van der Waals surface area contributed by atoms with Crippen LogP contribution in [0, 0.1) is 6.92 Å². The van der Waals surface area contributed by atoms with E-state index < -0.39 is 0 Å². The fourth-order valence-electron chi connectivity index (χ4n) is 1.76. The van der Waals surface area contributed by atoms with Gasteiger partial charge in [-0.25, -0.2) is 0 Å². The molecule has 3 N–H and O–H groups in total. The molecule has 1 heterocycles. The minimum Gasteiger partial charge on any atom is -0.381 e. The van der Waals surface area contributed by atoms with E-state index in [9.17, 15) is 0 Å². The molecular weight excluding hydrogens is 210 g/mol. The van der Waals surface area contributed by atoms with Crippen LogP contribution in [0.15, 0.2) is 42.7 Å². The molecule has 2 rings (SSSR count). The molecule has 0 saturated carbocycles.